The van der Waals surface area contributed by atoms with Crippen LogP contribution in [0.5, 0.6) is 5.75 Å². The van der Waals surface area contributed by atoms with E-state index in [0.29, 0.717) is 23.4 Å². The highest BCUT2D eigenvalue weighted by Gasteiger charge is 2.32. The highest BCUT2D eigenvalue weighted by molar-refractivity contribution is 7.91. The monoisotopic (exact) mass is 426 g/mol. The number of piperidine rings is 1. The second-order valence-corrected chi connectivity index (χ2v) is 9.71. The largest absolute Gasteiger partial charge is 0.497 e. The fourth-order valence-electron chi connectivity index (χ4n) is 3.57. The maximum Gasteiger partial charge on any atom is 0.236 e. The van der Waals surface area contributed by atoms with Crippen LogP contribution in [0.1, 0.15) is 25.3 Å². The molecule has 0 atom stereocenters. The van der Waals surface area contributed by atoms with Gasteiger partial charge in [0.25, 0.3) is 0 Å². The van der Waals surface area contributed by atoms with E-state index in [1.807, 2.05) is 36.1 Å². The minimum absolute atomic E-state index is 0.0298. The van der Waals surface area contributed by atoms with Gasteiger partial charge in [-0.25, -0.2) is 8.42 Å². The van der Waals surface area contributed by atoms with Crippen molar-refractivity contribution in [3.63, 3.8) is 0 Å². The molecule has 0 saturated carbocycles. The third-order valence-electron chi connectivity index (χ3n) is 5.57. The Bertz CT molecular complexity index is 1110. The molecular formula is C23H26N2O4S. The van der Waals surface area contributed by atoms with Crippen molar-refractivity contribution in [1.29, 1.82) is 0 Å². The third kappa shape index (κ3) is 3.94. The molecule has 3 aromatic rings. The van der Waals surface area contributed by atoms with Crippen LogP contribution >= 0.6 is 0 Å². The summed E-state index contributed by atoms with van der Waals surface area (Å²) in [6, 6.07) is 14.1. The number of aryl methyl sites for hydroxylation is 1. The van der Waals surface area contributed by atoms with Gasteiger partial charge in [0.15, 0.2) is 0 Å². The van der Waals surface area contributed by atoms with Crippen molar-refractivity contribution >= 4 is 15.7 Å². The molecule has 2 heterocycles. The minimum atomic E-state index is -3.85. The number of hydrogen-bond donors (Lipinski definition) is 0. The lowest BCUT2D eigenvalue weighted by Crippen LogP contribution is -2.33. The van der Waals surface area contributed by atoms with Crippen molar-refractivity contribution in [2.24, 2.45) is 5.92 Å². The lowest BCUT2D eigenvalue weighted by atomic mass is 9.99. The molecule has 1 aliphatic heterocycles. The number of oxazole rings is 1. The number of sulfone groups is 1. The lowest BCUT2D eigenvalue weighted by Gasteiger charge is -2.30. The number of anilines is 1. The number of nitrogens with zero attached hydrogens (tertiary/aromatic N) is 2. The molecule has 6 nitrogen and oxygen atoms in total. The summed E-state index contributed by atoms with van der Waals surface area (Å²) in [7, 11) is -2.31. The fourth-order valence-corrected chi connectivity index (χ4v) is 4.89. The van der Waals surface area contributed by atoms with Crippen LogP contribution in [0, 0.1) is 12.8 Å². The van der Waals surface area contributed by atoms with Crippen LogP contribution in [0.2, 0.25) is 0 Å². The van der Waals surface area contributed by atoms with Crippen LogP contribution in [0.25, 0.3) is 11.5 Å². The summed E-state index contributed by atoms with van der Waals surface area (Å²) in [6.45, 7) is 5.70. The number of rotatable bonds is 5. The van der Waals surface area contributed by atoms with Gasteiger partial charge in [-0.05, 0) is 62.1 Å². The Kier molecular flexibility index (Phi) is 5.56. The molecule has 0 radical (unpaired) electrons. The van der Waals surface area contributed by atoms with Crippen LogP contribution < -0.4 is 9.64 Å². The maximum atomic E-state index is 13.5. The Labute approximate surface area is 177 Å². The highest BCUT2D eigenvalue weighted by Crippen LogP contribution is 2.36. The Hall–Kier alpha value is -2.80. The molecule has 0 N–H and O–H groups in total. The topological polar surface area (TPSA) is 72.6 Å². The van der Waals surface area contributed by atoms with E-state index in [1.165, 1.54) is 12.1 Å². The van der Waals surface area contributed by atoms with Crippen molar-refractivity contribution in [3.05, 3.63) is 54.1 Å². The lowest BCUT2D eigenvalue weighted by molar-refractivity contribution is 0.414. The van der Waals surface area contributed by atoms with E-state index in [2.05, 4.69) is 11.9 Å². The van der Waals surface area contributed by atoms with Crippen LogP contribution in [0.3, 0.4) is 0 Å². The van der Waals surface area contributed by atoms with Crippen LogP contribution in [0.4, 0.5) is 5.88 Å². The summed E-state index contributed by atoms with van der Waals surface area (Å²) in [4.78, 5) is 6.63. The van der Waals surface area contributed by atoms with Gasteiger partial charge in [-0.15, -0.1) is 0 Å². The van der Waals surface area contributed by atoms with Gasteiger partial charge in [0.1, 0.15) is 5.75 Å². The van der Waals surface area contributed by atoms with E-state index < -0.39 is 9.84 Å². The first-order chi connectivity index (χ1) is 14.4. The van der Waals surface area contributed by atoms with Crippen LogP contribution in [-0.2, 0) is 9.84 Å². The molecular weight excluding hydrogens is 400 g/mol. The van der Waals surface area contributed by atoms with Gasteiger partial charge in [0, 0.05) is 18.7 Å². The smallest absolute Gasteiger partial charge is 0.236 e. The van der Waals surface area contributed by atoms with Crippen molar-refractivity contribution < 1.29 is 17.6 Å². The molecule has 158 valence electrons. The summed E-state index contributed by atoms with van der Waals surface area (Å²) in [5.74, 6) is 1.85. The van der Waals surface area contributed by atoms with Gasteiger partial charge in [-0.3, -0.25) is 0 Å². The summed E-state index contributed by atoms with van der Waals surface area (Å²) >= 11 is 0. The van der Waals surface area contributed by atoms with E-state index in [1.54, 1.807) is 19.2 Å². The molecule has 0 bridgehead atoms. The van der Waals surface area contributed by atoms with Gasteiger partial charge in [0.05, 0.1) is 12.0 Å². The number of methoxy groups -OCH3 is 1. The number of ether oxygens (including phenoxy) is 1. The SMILES string of the molecule is COc1ccc(S(=O)(=O)c2nc(-c3ccc(C)cc3)oc2N2CCC(C)CC2)cc1. The van der Waals surface area contributed by atoms with E-state index in [9.17, 15) is 8.42 Å². The molecule has 2 aromatic carbocycles. The van der Waals surface area contributed by atoms with Gasteiger partial charge in [0.2, 0.25) is 26.6 Å². The second-order valence-electron chi connectivity index (χ2n) is 7.84. The van der Waals surface area contributed by atoms with E-state index in [-0.39, 0.29) is 9.92 Å². The number of aromatic nitrogens is 1. The average molecular weight is 427 g/mol. The van der Waals surface area contributed by atoms with Gasteiger partial charge < -0.3 is 14.1 Å². The summed E-state index contributed by atoms with van der Waals surface area (Å²) in [5, 5.41) is -0.0298. The molecule has 30 heavy (non-hydrogen) atoms. The predicted molar refractivity (Wildman–Crippen MR) is 116 cm³/mol. The fraction of sp³-hybridized carbons (Fsp3) is 0.348. The van der Waals surface area contributed by atoms with E-state index in [4.69, 9.17) is 9.15 Å². The average Bonchev–Trinajstić information content (AvgIpc) is 3.21. The number of benzene rings is 2. The zero-order valence-electron chi connectivity index (χ0n) is 17.5. The molecule has 1 aliphatic rings. The Morgan fingerprint density at radius 2 is 1.67 bits per heavy atom. The zero-order valence-corrected chi connectivity index (χ0v) is 18.3. The molecule has 0 unspecified atom stereocenters. The Balaban J connectivity index is 1.80. The summed E-state index contributed by atoms with van der Waals surface area (Å²) in [6.07, 6.45) is 1.98. The van der Waals surface area contributed by atoms with Gasteiger partial charge in [-0.1, -0.05) is 24.6 Å². The van der Waals surface area contributed by atoms with E-state index in [0.717, 1.165) is 37.1 Å². The minimum Gasteiger partial charge on any atom is -0.497 e. The molecule has 7 heteroatoms. The first-order valence-electron chi connectivity index (χ1n) is 10.1. The first kappa shape index (κ1) is 20.5. The molecule has 4 rings (SSSR count). The summed E-state index contributed by atoms with van der Waals surface area (Å²) in [5.41, 5.74) is 1.87. The van der Waals surface area contributed by atoms with Crippen molar-refractivity contribution in [3.8, 4) is 17.2 Å². The Morgan fingerprint density at radius 1 is 1.03 bits per heavy atom. The zero-order chi connectivity index (χ0) is 21.3. The quantitative estimate of drug-likeness (QED) is 0.587. The van der Waals surface area contributed by atoms with Gasteiger partial charge >= 0.3 is 0 Å². The van der Waals surface area contributed by atoms with Crippen LogP contribution in [0.15, 0.2) is 62.9 Å². The van der Waals surface area contributed by atoms with Crippen LogP contribution in [-0.4, -0.2) is 33.6 Å². The maximum absolute atomic E-state index is 13.5. The third-order valence-corrected chi connectivity index (χ3v) is 7.24. The van der Waals surface area contributed by atoms with E-state index >= 15 is 0 Å². The van der Waals surface area contributed by atoms with Crippen molar-refractivity contribution in [2.75, 3.05) is 25.1 Å². The predicted octanol–water partition coefficient (Wildman–Crippen LogP) is 4.73. The standard InChI is InChI=1S/C23H26N2O4S/c1-16-4-6-18(7-5-16)21-24-22(23(29-21)25-14-12-17(2)13-15-25)30(26,27)20-10-8-19(28-3)9-11-20/h4-11,17H,12-15H2,1-3H3. The molecule has 1 fully saturated rings. The molecule has 0 amide bonds. The molecule has 1 aromatic heterocycles. The summed E-state index contributed by atoms with van der Waals surface area (Å²) < 4.78 is 38.2. The van der Waals surface area contributed by atoms with Crippen molar-refractivity contribution in [1.82, 2.24) is 4.98 Å². The highest BCUT2D eigenvalue weighted by atomic mass is 32.2. The molecule has 0 spiro atoms. The molecule has 1 saturated heterocycles. The Morgan fingerprint density at radius 3 is 2.27 bits per heavy atom. The van der Waals surface area contributed by atoms with Crippen molar-refractivity contribution in [2.45, 2.75) is 36.6 Å². The number of hydrogen-bond acceptors (Lipinski definition) is 6. The molecule has 0 aliphatic carbocycles. The first-order valence-corrected chi connectivity index (χ1v) is 11.6. The normalized spacial score (nSPS) is 15.4. The van der Waals surface area contributed by atoms with Gasteiger partial charge in [-0.2, -0.15) is 4.98 Å². The second kappa shape index (κ2) is 8.14.